The van der Waals surface area contributed by atoms with Gasteiger partial charge in [0.1, 0.15) is 0 Å². The normalized spacial score (nSPS) is 28.6. The number of hydrogen-bond donors (Lipinski definition) is 2. The zero-order valence-electron chi connectivity index (χ0n) is 12.7. The van der Waals surface area contributed by atoms with Crippen LogP contribution in [0.2, 0.25) is 0 Å². The number of likely N-dealkylation sites (tertiary alicyclic amines) is 1. The second-order valence-corrected chi connectivity index (χ2v) is 7.52. The van der Waals surface area contributed by atoms with Crippen LogP contribution in [0.25, 0.3) is 0 Å². The average Bonchev–Trinajstić information content (AvgIpc) is 2.48. The summed E-state index contributed by atoms with van der Waals surface area (Å²) in [6, 6.07) is -0.226. The molecule has 1 aliphatic carbocycles. The fourth-order valence-corrected chi connectivity index (χ4v) is 3.81. The maximum atomic E-state index is 11.8. The number of hydrogen-bond acceptors (Lipinski definition) is 5. The van der Waals surface area contributed by atoms with Gasteiger partial charge in [0.25, 0.3) is 0 Å². The highest BCUT2D eigenvalue weighted by Crippen LogP contribution is 2.24. The summed E-state index contributed by atoms with van der Waals surface area (Å²) in [4.78, 5) is 2.58. The van der Waals surface area contributed by atoms with Crippen molar-refractivity contribution >= 4 is 10.0 Å². The van der Waals surface area contributed by atoms with E-state index in [9.17, 15) is 8.42 Å². The van der Waals surface area contributed by atoms with Crippen molar-refractivity contribution < 1.29 is 13.2 Å². The van der Waals surface area contributed by atoms with Gasteiger partial charge in [-0.05, 0) is 51.0 Å². The summed E-state index contributed by atoms with van der Waals surface area (Å²) < 4.78 is 31.1. The maximum absolute atomic E-state index is 11.8. The fourth-order valence-electron chi connectivity index (χ4n) is 2.98. The summed E-state index contributed by atoms with van der Waals surface area (Å²) in [5.74, 6) is 0.616. The van der Waals surface area contributed by atoms with Crippen LogP contribution < -0.4 is 10.5 Å². The Morgan fingerprint density at radius 1 is 1.43 bits per heavy atom. The van der Waals surface area contributed by atoms with Gasteiger partial charge >= 0.3 is 0 Å². The Hall–Kier alpha value is -0.730. The Morgan fingerprint density at radius 2 is 2.10 bits per heavy atom. The van der Waals surface area contributed by atoms with Crippen molar-refractivity contribution in [1.29, 1.82) is 0 Å². The molecule has 1 fully saturated rings. The van der Waals surface area contributed by atoms with Crippen molar-refractivity contribution in [3.05, 3.63) is 23.1 Å². The molecule has 3 N–H and O–H groups in total. The van der Waals surface area contributed by atoms with Gasteiger partial charge in [0.15, 0.2) is 0 Å². The van der Waals surface area contributed by atoms with Crippen LogP contribution >= 0.6 is 0 Å². The van der Waals surface area contributed by atoms with Crippen molar-refractivity contribution in [3.63, 3.8) is 0 Å². The predicted octanol–water partition coefficient (Wildman–Crippen LogP) is 0.0436. The molecule has 1 heterocycles. The molecule has 6 nitrogen and oxygen atoms in total. The summed E-state index contributed by atoms with van der Waals surface area (Å²) in [5, 5.41) is 0. The van der Waals surface area contributed by atoms with Gasteiger partial charge in [0.05, 0.1) is 4.91 Å². The second-order valence-electron chi connectivity index (χ2n) is 5.64. The number of nitrogens with two attached hydrogens (primary N) is 1. The minimum Gasteiger partial charge on any atom is -0.384 e. The van der Waals surface area contributed by atoms with E-state index in [-0.39, 0.29) is 17.0 Å². The molecule has 21 heavy (non-hydrogen) atoms. The first kappa shape index (κ1) is 16.6. The van der Waals surface area contributed by atoms with E-state index in [0.29, 0.717) is 5.92 Å². The van der Waals surface area contributed by atoms with E-state index in [0.717, 1.165) is 32.5 Å². The molecule has 0 aromatic carbocycles. The van der Waals surface area contributed by atoms with E-state index in [4.69, 9.17) is 10.5 Å². The fraction of sp³-hybridized carbons (Fsp3) is 0.714. The molecule has 2 aliphatic rings. The number of ether oxygens (including phenoxy) is 1. The first-order valence-electron chi connectivity index (χ1n) is 7.30. The van der Waals surface area contributed by atoms with Crippen LogP contribution in [-0.4, -0.2) is 59.3 Å². The summed E-state index contributed by atoms with van der Waals surface area (Å²) in [6.07, 6.45) is 7.39. The largest absolute Gasteiger partial charge is 0.384 e. The lowest BCUT2D eigenvalue weighted by Crippen LogP contribution is -2.50. The first-order chi connectivity index (χ1) is 9.97. The zero-order valence-corrected chi connectivity index (χ0v) is 13.5. The molecule has 0 bridgehead atoms. The Bertz CT molecular complexity index is 508. The van der Waals surface area contributed by atoms with Crippen molar-refractivity contribution in [2.45, 2.75) is 24.9 Å². The van der Waals surface area contributed by atoms with Gasteiger partial charge in [-0.2, -0.15) is 0 Å². The highest BCUT2D eigenvalue weighted by Gasteiger charge is 2.30. The predicted molar refractivity (Wildman–Crippen MR) is 83.1 cm³/mol. The standard InChI is InChI=1S/C14H25N3O3S/c1-16-21(18,19)12-3-4-14(13(15)9-12)17-7-5-11(6-8-17)10-20-2/h3-4,9,11,13-14,16H,5-8,10,15H2,1-2H3. The molecule has 120 valence electrons. The molecule has 0 radical (unpaired) electrons. The van der Waals surface area contributed by atoms with Crippen molar-refractivity contribution in [2.24, 2.45) is 11.7 Å². The van der Waals surface area contributed by atoms with Crippen LogP contribution in [0.4, 0.5) is 0 Å². The van der Waals surface area contributed by atoms with E-state index >= 15 is 0 Å². The lowest BCUT2D eigenvalue weighted by atomic mass is 9.94. The van der Waals surface area contributed by atoms with Gasteiger partial charge in [-0.25, -0.2) is 13.1 Å². The highest BCUT2D eigenvalue weighted by molar-refractivity contribution is 7.93. The summed E-state index contributed by atoms with van der Waals surface area (Å²) in [5.41, 5.74) is 6.16. The molecule has 0 aromatic heterocycles. The second kappa shape index (κ2) is 7.02. The molecule has 0 aromatic rings. The number of sulfonamides is 1. The Morgan fingerprint density at radius 3 is 2.62 bits per heavy atom. The van der Waals surface area contributed by atoms with Crippen LogP contribution in [-0.2, 0) is 14.8 Å². The SMILES string of the molecule is CNS(=O)(=O)C1=CC(N)C(N2CCC(COC)CC2)C=C1. The molecule has 0 amide bonds. The quantitative estimate of drug-likeness (QED) is 0.748. The van der Waals surface area contributed by atoms with Crippen molar-refractivity contribution in [1.82, 2.24) is 9.62 Å². The third-order valence-electron chi connectivity index (χ3n) is 4.26. The maximum Gasteiger partial charge on any atom is 0.240 e. The molecule has 7 heteroatoms. The topological polar surface area (TPSA) is 84.7 Å². The Kier molecular flexibility index (Phi) is 5.56. The molecule has 0 saturated carbocycles. The van der Waals surface area contributed by atoms with Gasteiger partial charge in [0, 0.05) is 25.8 Å². The molecule has 2 atom stereocenters. The number of methoxy groups -OCH3 is 1. The van der Waals surface area contributed by atoms with E-state index in [1.165, 1.54) is 7.05 Å². The van der Waals surface area contributed by atoms with Crippen LogP contribution in [0.5, 0.6) is 0 Å². The minimum atomic E-state index is -3.42. The highest BCUT2D eigenvalue weighted by atomic mass is 32.2. The van der Waals surface area contributed by atoms with Gasteiger partial charge < -0.3 is 10.5 Å². The van der Waals surface area contributed by atoms with Crippen LogP contribution in [0, 0.1) is 5.92 Å². The van der Waals surface area contributed by atoms with Gasteiger partial charge in [0.2, 0.25) is 10.0 Å². The van der Waals surface area contributed by atoms with E-state index < -0.39 is 10.0 Å². The number of piperidine rings is 1. The number of nitrogens with one attached hydrogen (secondary N) is 1. The van der Waals surface area contributed by atoms with Crippen LogP contribution in [0.3, 0.4) is 0 Å². The Balaban J connectivity index is 1.98. The van der Waals surface area contributed by atoms with Crippen LogP contribution in [0.1, 0.15) is 12.8 Å². The van der Waals surface area contributed by atoms with Gasteiger partial charge in [-0.1, -0.05) is 6.08 Å². The third-order valence-corrected chi connectivity index (χ3v) is 5.69. The average molecular weight is 315 g/mol. The first-order valence-corrected chi connectivity index (χ1v) is 8.78. The summed E-state index contributed by atoms with van der Waals surface area (Å²) >= 11 is 0. The zero-order chi connectivity index (χ0) is 15.5. The van der Waals surface area contributed by atoms with Crippen molar-refractivity contribution in [2.75, 3.05) is 33.9 Å². The lowest BCUT2D eigenvalue weighted by Gasteiger charge is -2.39. The molecule has 1 saturated heterocycles. The Labute approximate surface area is 127 Å². The van der Waals surface area contributed by atoms with Gasteiger partial charge in [-0.15, -0.1) is 0 Å². The summed E-state index contributed by atoms with van der Waals surface area (Å²) in [7, 11) is -0.273. The number of nitrogens with zero attached hydrogens (tertiary/aromatic N) is 1. The number of rotatable bonds is 5. The molecular formula is C14H25N3O3S. The minimum absolute atomic E-state index is 0.0734. The monoisotopic (exact) mass is 315 g/mol. The van der Waals surface area contributed by atoms with Gasteiger partial charge in [-0.3, -0.25) is 4.90 Å². The molecule has 2 rings (SSSR count). The van der Waals surface area contributed by atoms with E-state index in [1.807, 2.05) is 6.08 Å². The smallest absolute Gasteiger partial charge is 0.240 e. The summed E-state index contributed by atoms with van der Waals surface area (Å²) in [6.45, 7) is 2.75. The van der Waals surface area contributed by atoms with Crippen LogP contribution in [0.15, 0.2) is 23.1 Å². The van der Waals surface area contributed by atoms with E-state index in [1.54, 1.807) is 19.3 Å². The molecular weight excluding hydrogens is 290 g/mol. The number of allylic oxidation sites excluding steroid dienone is 1. The van der Waals surface area contributed by atoms with Crippen molar-refractivity contribution in [3.8, 4) is 0 Å². The molecule has 2 unspecified atom stereocenters. The molecule has 0 spiro atoms. The van der Waals surface area contributed by atoms with E-state index in [2.05, 4.69) is 9.62 Å². The molecule has 1 aliphatic heterocycles. The third kappa shape index (κ3) is 3.92. The lowest BCUT2D eigenvalue weighted by molar-refractivity contribution is 0.0863.